The molecule has 1 aromatic rings. The van der Waals surface area contributed by atoms with Crippen LogP contribution in [0, 0.1) is 0 Å². The van der Waals surface area contributed by atoms with Gasteiger partial charge in [0.1, 0.15) is 0 Å². The van der Waals surface area contributed by atoms with Crippen molar-refractivity contribution >= 4 is 5.91 Å². The van der Waals surface area contributed by atoms with E-state index < -0.39 is 0 Å². The fourth-order valence-corrected chi connectivity index (χ4v) is 1.19. The zero-order valence-corrected chi connectivity index (χ0v) is 8.90. The Labute approximate surface area is 89.0 Å². The van der Waals surface area contributed by atoms with Crippen LogP contribution in [-0.4, -0.2) is 17.1 Å². The van der Waals surface area contributed by atoms with Gasteiger partial charge in [-0.1, -0.05) is 5.16 Å². The summed E-state index contributed by atoms with van der Waals surface area (Å²) in [6, 6.07) is 1.88. The summed E-state index contributed by atoms with van der Waals surface area (Å²) in [7, 11) is 0. The van der Waals surface area contributed by atoms with E-state index >= 15 is 0 Å². The monoisotopic (exact) mass is 211 g/mol. The first kappa shape index (κ1) is 11.7. The Kier molecular flexibility index (Phi) is 4.83. The van der Waals surface area contributed by atoms with Crippen LogP contribution in [0.3, 0.4) is 0 Å². The Morgan fingerprint density at radius 2 is 2.53 bits per heavy atom. The number of amides is 1. The molecule has 0 radical (unpaired) electrons. The molecule has 0 aliphatic rings. The van der Waals surface area contributed by atoms with Crippen LogP contribution in [0.1, 0.15) is 31.9 Å². The maximum absolute atomic E-state index is 11.3. The summed E-state index contributed by atoms with van der Waals surface area (Å²) in [6.07, 6.45) is 3.75. The molecule has 5 heteroatoms. The van der Waals surface area contributed by atoms with E-state index in [0.29, 0.717) is 18.7 Å². The second-order valence-corrected chi connectivity index (χ2v) is 3.62. The number of hydrogen-bond acceptors (Lipinski definition) is 4. The van der Waals surface area contributed by atoms with Gasteiger partial charge in [0.05, 0.1) is 12.7 Å². The molecular formula is C10H17N3O2. The zero-order chi connectivity index (χ0) is 11.1. The molecule has 3 N–H and O–H groups in total. The first-order valence-electron chi connectivity index (χ1n) is 5.10. The summed E-state index contributed by atoms with van der Waals surface area (Å²) >= 11 is 0. The lowest BCUT2D eigenvalue weighted by Crippen LogP contribution is -2.23. The van der Waals surface area contributed by atoms with E-state index in [0.717, 1.165) is 12.8 Å². The molecule has 15 heavy (non-hydrogen) atoms. The Bertz CT molecular complexity index is 283. The second-order valence-electron chi connectivity index (χ2n) is 3.62. The van der Waals surface area contributed by atoms with E-state index in [9.17, 15) is 4.79 Å². The normalized spacial score (nSPS) is 12.4. The minimum absolute atomic E-state index is 0.0204. The molecule has 0 fully saturated rings. The summed E-state index contributed by atoms with van der Waals surface area (Å²) < 4.78 is 4.84. The molecule has 0 bridgehead atoms. The number of carbonyl (C=O) groups excluding carboxylic acids is 1. The van der Waals surface area contributed by atoms with Gasteiger partial charge in [0.2, 0.25) is 5.91 Å². The average molecular weight is 211 g/mol. The fraction of sp³-hybridized carbons (Fsp3) is 0.600. The number of nitrogens with one attached hydrogen (secondary N) is 1. The van der Waals surface area contributed by atoms with Gasteiger partial charge < -0.3 is 15.6 Å². The maximum Gasteiger partial charge on any atom is 0.220 e. The molecule has 1 unspecified atom stereocenters. The van der Waals surface area contributed by atoms with Gasteiger partial charge in [-0.2, -0.15) is 0 Å². The van der Waals surface area contributed by atoms with Crippen molar-refractivity contribution in [3.63, 3.8) is 0 Å². The van der Waals surface area contributed by atoms with Crippen LogP contribution in [0.5, 0.6) is 0 Å². The average Bonchev–Trinajstić information content (AvgIpc) is 2.66. The SMILES string of the molecule is CC(N)CCCC(=O)NCc1ccno1. The molecule has 5 nitrogen and oxygen atoms in total. The van der Waals surface area contributed by atoms with E-state index in [-0.39, 0.29) is 11.9 Å². The van der Waals surface area contributed by atoms with Crippen LogP contribution in [0.2, 0.25) is 0 Å². The topological polar surface area (TPSA) is 81.2 Å². The predicted molar refractivity (Wildman–Crippen MR) is 55.9 cm³/mol. The first-order valence-corrected chi connectivity index (χ1v) is 5.10. The highest BCUT2D eigenvalue weighted by Crippen LogP contribution is 1.99. The minimum atomic E-state index is 0.0204. The summed E-state index contributed by atoms with van der Waals surface area (Å²) in [5, 5.41) is 6.29. The lowest BCUT2D eigenvalue weighted by Gasteiger charge is -2.04. The van der Waals surface area contributed by atoms with Crippen LogP contribution < -0.4 is 11.1 Å². The van der Waals surface area contributed by atoms with Gasteiger partial charge in [0.15, 0.2) is 5.76 Å². The van der Waals surface area contributed by atoms with Crippen LogP contribution >= 0.6 is 0 Å². The minimum Gasteiger partial charge on any atom is -0.360 e. The molecule has 1 heterocycles. The molecule has 1 aromatic heterocycles. The van der Waals surface area contributed by atoms with Gasteiger partial charge in [0, 0.05) is 18.5 Å². The van der Waals surface area contributed by atoms with Crippen molar-refractivity contribution in [2.24, 2.45) is 5.73 Å². The van der Waals surface area contributed by atoms with Crippen molar-refractivity contribution in [3.8, 4) is 0 Å². The van der Waals surface area contributed by atoms with Gasteiger partial charge in [-0.15, -0.1) is 0 Å². The van der Waals surface area contributed by atoms with Crippen molar-refractivity contribution < 1.29 is 9.32 Å². The molecular weight excluding hydrogens is 194 g/mol. The third-order valence-electron chi connectivity index (χ3n) is 2.01. The molecule has 1 amide bonds. The molecule has 0 aromatic carbocycles. The summed E-state index contributed by atoms with van der Waals surface area (Å²) in [4.78, 5) is 11.3. The molecule has 0 aliphatic heterocycles. The van der Waals surface area contributed by atoms with Crippen molar-refractivity contribution in [1.82, 2.24) is 10.5 Å². The summed E-state index contributed by atoms with van der Waals surface area (Å²) in [6.45, 7) is 2.34. The van der Waals surface area contributed by atoms with E-state index in [2.05, 4.69) is 10.5 Å². The lowest BCUT2D eigenvalue weighted by atomic mass is 10.1. The van der Waals surface area contributed by atoms with E-state index in [1.165, 1.54) is 0 Å². The molecule has 84 valence electrons. The third-order valence-corrected chi connectivity index (χ3v) is 2.01. The summed E-state index contributed by atoms with van der Waals surface area (Å²) in [5.74, 6) is 0.683. The molecule has 0 spiro atoms. The van der Waals surface area contributed by atoms with Crippen LogP contribution in [-0.2, 0) is 11.3 Å². The number of hydrogen-bond donors (Lipinski definition) is 2. The van der Waals surface area contributed by atoms with Crippen LogP contribution in [0.25, 0.3) is 0 Å². The fourth-order valence-electron chi connectivity index (χ4n) is 1.19. The number of aromatic nitrogens is 1. The Morgan fingerprint density at radius 3 is 3.13 bits per heavy atom. The second kappa shape index (κ2) is 6.19. The number of rotatable bonds is 6. The van der Waals surface area contributed by atoms with Gasteiger partial charge in [-0.05, 0) is 19.8 Å². The zero-order valence-electron chi connectivity index (χ0n) is 8.90. The highest BCUT2D eigenvalue weighted by molar-refractivity contribution is 5.75. The quantitative estimate of drug-likeness (QED) is 0.729. The Morgan fingerprint density at radius 1 is 1.73 bits per heavy atom. The largest absolute Gasteiger partial charge is 0.360 e. The van der Waals surface area contributed by atoms with Crippen LogP contribution in [0.15, 0.2) is 16.8 Å². The molecule has 1 atom stereocenters. The number of nitrogens with zero attached hydrogens (tertiary/aromatic N) is 1. The lowest BCUT2D eigenvalue weighted by molar-refractivity contribution is -0.121. The van der Waals surface area contributed by atoms with E-state index in [1.807, 2.05) is 6.92 Å². The first-order chi connectivity index (χ1) is 7.18. The van der Waals surface area contributed by atoms with E-state index in [4.69, 9.17) is 10.3 Å². The highest BCUT2D eigenvalue weighted by Gasteiger charge is 2.03. The van der Waals surface area contributed by atoms with Crippen molar-refractivity contribution in [2.75, 3.05) is 0 Å². The molecule has 0 saturated heterocycles. The third kappa shape index (κ3) is 5.17. The predicted octanol–water partition coefficient (Wildman–Crippen LogP) is 0.808. The standard InChI is InChI=1S/C10H17N3O2/c1-8(11)3-2-4-10(14)12-7-9-5-6-13-15-9/h5-6,8H,2-4,7,11H2,1H3,(H,12,14). The maximum atomic E-state index is 11.3. The van der Waals surface area contributed by atoms with Gasteiger partial charge in [-0.25, -0.2) is 0 Å². The van der Waals surface area contributed by atoms with Gasteiger partial charge in [0.25, 0.3) is 0 Å². The van der Waals surface area contributed by atoms with Crippen molar-refractivity contribution in [2.45, 2.75) is 38.8 Å². The van der Waals surface area contributed by atoms with Crippen LogP contribution in [0.4, 0.5) is 0 Å². The Hall–Kier alpha value is -1.36. The molecule has 0 saturated carbocycles. The molecule has 0 aliphatic carbocycles. The molecule has 1 rings (SSSR count). The smallest absolute Gasteiger partial charge is 0.220 e. The van der Waals surface area contributed by atoms with Crippen molar-refractivity contribution in [3.05, 3.63) is 18.0 Å². The Balaban J connectivity index is 2.09. The van der Waals surface area contributed by atoms with Crippen molar-refractivity contribution in [1.29, 1.82) is 0 Å². The summed E-state index contributed by atoms with van der Waals surface area (Å²) in [5.41, 5.74) is 5.57. The number of carbonyl (C=O) groups is 1. The van der Waals surface area contributed by atoms with Gasteiger partial charge in [-0.3, -0.25) is 4.79 Å². The highest BCUT2D eigenvalue weighted by atomic mass is 16.5. The van der Waals surface area contributed by atoms with E-state index in [1.54, 1.807) is 12.3 Å². The van der Waals surface area contributed by atoms with Gasteiger partial charge >= 0.3 is 0 Å². The number of nitrogens with two attached hydrogens (primary N) is 1.